The molecule has 10 nitrogen and oxygen atoms in total. The number of nitrogens with zero attached hydrogens (tertiary/aromatic N) is 4. The summed E-state index contributed by atoms with van der Waals surface area (Å²) in [5.74, 6) is 1.73. The van der Waals surface area contributed by atoms with Crippen LogP contribution in [0.3, 0.4) is 0 Å². The van der Waals surface area contributed by atoms with E-state index in [9.17, 15) is 18.3 Å². The number of sulfonamides is 1. The number of aliphatic hydroxyl groups excluding tert-OH is 1. The number of H-pyrrole nitrogens is 1. The molecular formula is C30H45N5O5S. The smallest absolute Gasteiger partial charge is 0.277 e. The predicted molar refractivity (Wildman–Crippen MR) is 160 cm³/mol. The summed E-state index contributed by atoms with van der Waals surface area (Å²) >= 11 is 0. The van der Waals surface area contributed by atoms with Gasteiger partial charge in [-0.1, -0.05) is 46.5 Å². The maximum absolute atomic E-state index is 13.6. The molecule has 1 unspecified atom stereocenters. The lowest BCUT2D eigenvalue weighted by atomic mass is 9.97. The molecule has 0 spiro atoms. The van der Waals surface area contributed by atoms with Crippen molar-refractivity contribution in [2.45, 2.75) is 96.3 Å². The van der Waals surface area contributed by atoms with Crippen LogP contribution < -0.4 is 10.3 Å². The summed E-state index contributed by atoms with van der Waals surface area (Å²) in [6, 6.07) is 4.74. The van der Waals surface area contributed by atoms with Crippen LogP contribution in [0.2, 0.25) is 0 Å². The van der Waals surface area contributed by atoms with Crippen molar-refractivity contribution in [3.63, 3.8) is 0 Å². The van der Waals surface area contributed by atoms with Crippen LogP contribution in [0, 0.1) is 12.8 Å². The Hall–Kier alpha value is -2.76. The Morgan fingerprint density at radius 3 is 2.54 bits per heavy atom. The molecule has 1 fully saturated rings. The van der Waals surface area contributed by atoms with E-state index in [1.807, 2.05) is 13.8 Å². The molecule has 0 amide bonds. The number of imidazole rings is 1. The van der Waals surface area contributed by atoms with Gasteiger partial charge in [0.15, 0.2) is 11.3 Å². The van der Waals surface area contributed by atoms with Crippen molar-refractivity contribution in [2.75, 3.05) is 26.3 Å². The molecule has 0 bridgehead atoms. The molecule has 1 atom stereocenters. The second kappa shape index (κ2) is 13.9. The van der Waals surface area contributed by atoms with E-state index in [0.717, 1.165) is 37.9 Å². The molecule has 11 heteroatoms. The van der Waals surface area contributed by atoms with Gasteiger partial charge in [0.05, 0.1) is 22.8 Å². The highest BCUT2D eigenvalue weighted by molar-refractivity contribution is 7.89. The number of aromatic amines is 1. The van der Waals surface area contributed by atoms with Crippen LogP contribution in [-0.2, 0) is 10.0 Å². The molecule has 1 saturated heterocycles. The number of fused-ring (bicyclic) bond motifs is 1. The number of piperidine rings is 1. The number of aromatic nitrogens is 4. The summed E-state index contributed by atoms with van der Waals surface area (Å²) in [7, 11) is -3.79. The van der Waals surface area contributed by atoms with Gasteiger partial charge in [-0.15, -0.1) is 5.10 Å². The number of aryl methyl sites for hydroxylation is 1. The van der Waals surface area contributed by atoms with Gasteiger partial charge >= 0.3 is 0 Å². The van der Waals surface area contributed by atoms with Gasteiger partial charge in [0.25, 0.3) is 5.56 Å². The van der Waals surface area contributed by atoms with E-state index >= 15 is 0 Å². The first-order valence-electron chi connectivity index (χ1n) is 15.1. The number of ether oxygens (including phenoxy) is 1. The first kappa shape index (κ1) is 31.2. The maximum atomic E-state index is 13.6. The van der Waals surface area contributed by atoms with Crippen LogP contribution >= 0.6 is 0 Å². The molecule has 0 saturated carbocycles. The van der Waals surface area contributed by atoms with Crippen LogP contribution in [0.4, 0.5) is 0 Å². The van der Waals surface area contributed by atoms with Crippen molar-refractivity contribution in [3.05, 3.63) is 40.1 Å². The molecule has 2 aromatic heterocycles. The predicted octanol–water partition coefficient (Wildman–Crippen LogP) is 5.04. The molecule has 1 aromatic carbocycles. The summed E-state index contributed by atoms with van der Waals surface area (Å²) < 4.78 is 36.3. The lowest BCUT2D eigenvalue weighted by Crippen LogP contribution is -2.39. The largest absolute Gasteiger partial charge is 0.493 e. The van der Waals surface area contributed by atoms with Gasteiger partial charge in [0.2, 0.25) is 10.0 Å². The van der Waals surface area contributed by atoms with Crippen LogP contribution in [0.15, 0.2) is 27.9 Å². The third kappa shape index (κ3) is 6.84. The number of hydrogen-bond donors (Lipinski definition) is 2. The third-order valence-corrected chi connectivity index (χ3v) is 10.00. The first-order chi connectivity index (χ1) is 19.7. The summed E-state index contributed by atoms with van der Waals surface area (Å²) in [6.07, 6.45) is 8.44. The van der Waals surface area contributed by atoms with Gasteiger partial charge in [0, 0.05) is 25.6 Å². The van der Waals surface area contributed by atoms with Crippen molar-refractivity contribution < 1.29 is 18.3 Å². The fraction of sp³-hybridized carbons (Fsp3) is 0.633. The molecule has 0 radical (unpaired) electrons. The zero-order valence-electron chi connectivity index (χ0n) is 24.9. The van der Waals surface area contributed by atoms with Crippen molar-refractivity contribution in [1.29, 1.82) is 0 Å². The number of rotatable bonds is 14. The van der Waals surface area contributed by atoms with Crippen LogP contribution in [0.1, 0.15) is 96.0 Å². The molecule has 226 valence electrons. The summed E-state index contributed by atoms with van der Waals surface area (Å²) in [6.45, 7) is 9.34. The Morgan fingerprint density at radius 1 is 1.12 bits per heavy atom. The van der Waals surface area contributed by atoms with Crippen molar-refractivity contribution in [3.8, 4) is 17.1 Å². The van der Waals surface area contributed by atoms with Crippen LogP contribution in [0.25, 0.3) is 16.9 Å². The normalized spacial score (nSPS) is 15.9. The Bertz CT molecular complexity index is 1470. The van der Waals surface area contributed by atoms with E-state index in [1.54, 1.807) is 22.7 Å². The van der Waals surface area contributed by atoms with Gasteiger partial charge in [-0.25, -0.2) is 17.9 Å². The first-order valence-corrected chi connectivity index (χ1v) is 16.6. The fourth-order valence-electron chi connectivity index (χ4n) is 5.59. The van der Waals surface area contributed by atoms with Gasteiger partial charge in [-0.05, 0) is 63.1 Å². The Kier molecular flexibility index (Phi) is 10.6. The third-order valence-electron chi connectivity index (χ3n) is 8.10. The molecule has 41 heavy (non-hydrogen) atoms. The number of nitrogens with one attached hydrogen (secondary N) is 1. The monoisotopic (exact) mass is 587 g/mol. The molecule has 2 N–H and O–H groups in total. The molecule has 3 aromatic rings. The van der Waals surface area contributed by atoms with E-state index in [1.165, 1.54) is 17.1 Å². The highest BCUT2D eigenvalue weighted by atomic mass is 32.2. The average molecular weight is 588 g/mol. The molecule has 1 aliphatic heterocycles. The van der Waals surface area contributed by atoms with Gasteiger partial charge < -0.3 is 14.8 Å². The lowest BCUT2D eigenvalue weighted by molar-refractivity contribution is 0.170. The van der Waals surface area contributed by atoms with E-state index < -0.39 is 10.0 Å². The minimum atomic E-state index is -3.79. The highest BCUT2D eigenvalue weighted by Gasteiger charge is 2.30. The lowest BCUT2D eigenvalue weighted by Gasteiger charge is -2.30. The molecule has 4 rings (SSSR count). The van der Waals surface area contributed by atoms with Crippen molar-refractivity contribution in [1.82, 2.24) is 23.9 Å². The van der Waals surface area contributed by atoms with Crippen molar-refractivity contribution >= 4 is 15.5 Å². The van der Waals surface area contributed by atoms with Crippen molar-refractivity contribution in [2.24, 2.45) is 5.92 Å². The van der Waals surface area contributed by atoms with E-state index in [0.29, 0.717) is 55.1 Å². The number of aliphatic hydroxyl groups is 1. The standard InChI is InChI=1S/C30H45N5O5S/c1-5-8-9-10-11-23(7-3)29-31-21(4)27-30(37)32-28(33-35(27)29)25-19-24(12-13-26(25)40-18-6-2)41(38,39)34-16-14-22(20-36)15-17-34/h12-13,19,22-23,36H,5-11,14-18,20H2,1-4H3,(H,32,33,37). The maximum Gasteiger partial charge on any atom is 0.277 e. The van der Waals surface area contributed by atoms with E-state index in [2.05, 4.69) is 18.8 Å². The van der Waals surface area contributed by atoms with Crippen LogP contribution in [0.5, 0.6) is 5.75 Å². The second-order valence-electron chi connectivity index (χ2n) is 11.1. The fourth-order valence-corrected chi connectivity index (χ4v) is 7.08. The Balaban J connectivity index is 1.78. The van der Waals surface area contributed by atoms with Gasteiger partial charge in [0.1, 0.15) is 11.6 Å². The number of benzene rings is 1. The number of unbranched alkanes of at least 4 members (excludes halogenated alkanes) is 3. The van der Waals surface area contributed by atoms with Gasteiger partial charge in [-0.3, -0.25) is 4.79 Å². The average Bonchev–Trinajstić information content (AvgIpc) is 3.32. The molecular weight excluding hydrogens is 542 g/mol. The zero-order valence-corrected chi connectivity index (χ0v) is 25.7. The SMILES string of the molecule is CCCCCCC(CC)c1nc(C)c2c(=O)[nH]c(-c3cc(S(=O)(=O)N4CCC(CO)CC4)ccc3OCCC)nn12. The zero-order chi connectivity index (χ0) is 29.6. The summed E-state index contributed by atoms with van der Waals surface area (Å²) in [4.78, 5) is 21.2. The summed E-state index contributed by atoms with van der Waals surface area (Å²) in [5, 5.41) is 14.3. The Labute approximate surface area is 243 Å². The molecule has 1 aliphatic rings. The topological polar surface area (TPSA) is 130 Å². The minimum absolute atomic E-state index is 0.0658. The number of hydrogen-bond acceptors (Lipinski definition) is 7. The van der Waals surface area contributed by atoms with Crippen LogP contribution in [-0.4, -0.2) is 63.7 Å². The quantitative estimate of drug-likeness (QED) is 0.253. The second-order valence-corrected chi connectivity index (χ2v) is 13.0. The summed E-state index contributed by atoms with van der Waals surface area (Å²) in [5.41, 5.74) is 1.12. The Morgan fingerprint density at radius 2 is 1.88 bits per heavy atom. The molecule has 3 heterocycles. The highest BCUT2D eigenvalue weighted by Crippen LogP contribution is 2.33. The van der Waals surface area contributed by atoms with Gasteiger partial charge in [-0.2, -0.15) is 4.31 Å². The molecule has 0 aliphatic carbocycles. The van der Waals surface area contributed by atoms with E-state index in [4.69, 9.17) is 14.8 Å². The minimum Gasteiger partial charge on any atom is -0.493 e. The van der Waals surface area contributed by atoms with E-state index in [-0.39, 0.29) is 34.7 Å².